The van der Waals surface area contributed by atoms with Crippen molar-refractivity contribution in [3.05, 3.63) is 41.6 Å². The largest absolute Gasteiger partial charge is 0.351 e. The molecule has 0 fully saturated rings. The molecule has 5 heteroatoms. The van der Waals surface area contributed by atoms with E-state index in [2.05, 4.69) is 5.32 Å². The highest BCUT2D eigenvalue weighted by molar-refractivity contribution is 6.17. The van der Waals surface area contributed by atoms with Crippen LogP contribution < -0.4 is 11.1 Å². The van der Waals surface area contributed by atoms with Gasteiger partial charge in [-0.05, 0) is 17.7 Å². The molecule has 1 aromatic carbocycles. The van der Waals surface area contributed by atoms with Gasteiger partial charge in [-0.25, -0.2) is 0 Å². The van der Waals surface area contributed by atoms with Gasteiger partial charge in [-0.3, -0.25) is 14.5 Å². The summed E-state index contributed by atoms with van der Waals surface area (Å²) in [6.07, 6.45) is 1.29. The molecule has 0 bridgehead atoms. The quantitative estimate of drug-likeness (QED) is 0.740. The van der Waals surface area contributed by atoms with Crippen LogP contribution >= 0.6 is 0 Å². The van der Waals surface area contributed by atoms with Gasteiger partial charge in [-0.1, -0.05) is 12.1 Å². The molecule has 0 aromatic heterocycles. The molecule has 17 heavy (non-hydrogen) atoms. The van der Waals surface area contributed by atoms with Gasteiger partial charge in [0.2, 0.25) is 0 Å². The highest BCUT2D eigenvalue weighted by Crippen LogP contribution is 2.16. The number of carbonyl (C=O) groups is 2. The van der Waals surface area contributed by atoms with Crippen molar-refractivity contribution in [1.82, 2.24) is 4.90 Å². The zero-order valence-corrected chi connectivity index (χ0v) is 9.43. The molecule has 2 amide bonds. The van der Waals surface area contributed by atoms with Crippen molar-refractivity contribution < 1.29 is 9.59 Å². The number of nitrogens with two attached hydrogens (primary N) is 1. The third kappa shape index (κ3) is 2.19. The molecule has 88 valence electrons. The lowest BCUT2D eigenvalue weighted by Gasteiger charge is -2.09. The van der Waals surface area contributed by atoms with E-state index in [1.165, 1.54) is 13.1 Å². The second kappa shape index (κ2) is 4.39. The number of imide groups is 1. The van der Waals surface area contributed by atoms with E-state index in [1.54, 1.807) is 0 Å². The van der Waals surface area contributed by atoms with E-state index in [4.69, 9.17) is 5.73 Å². The average molecular weight is 231 g/mol. The van der Waals surface area contributed by atoms with Crippen LogP contribution in [0.1, 0.15) is 5.56 Å². The predicted molar refractivity (Wildman–Crippen MR) is 63.8 cm³/mol. The highest BCUT2D eigenvalue weighted by Gasteiger charge is 2.27. The van der Waals surface area contributed by atoms with E-state index >= 15 is 0 Å². The van der Waals surface area contributed by atoms with E-state index in [9.17, 15) is 9.59 Å². The topological polar surface area (TPSA) is 75.4 Å². The minimum Gasteiger partial charge on any atom is -0.351 e. The number of amides is 2. The van der Waals surface area contributed by atoms with Crippen LogP contribution in [-0.2, 0) is 16.1 Å². The summed E-state index contributed by atoms with van der Waals surface area (Å²) in [7, 11) is 1.45. The molecule has 1 heterocycles. The van der Waals surface area contributed by atoms with Gasteiger partial charge in [0.15, 0.2) is 0 Å². The first kappa shape index (κ1) is 11.3. The van der Waals surface area contributed by atoms with Gasteiger partial charge in [-0.15, -0.1) is 0 Å². The Morgan fingerprint density at radius 2 is 2.12 bits per heavy atom. The summed E-state index contributed by atoms with van der Waals surface area (Å²) in [5.74, 6) is -0.638. The van der Waals surface area contributed by atoms with Crippen LogP contribution in [-0.4, -0.2) is 23.8 Å². The molecule has 0 radical (unpaired) electrons. The van der Waals surface area contributed by atoms with E-state index < -0.39 is 0 Å². The number of hydrogen-bond donors (Lipinski definition) is 2. The fourth-order valence-corrected chi connectivity index (χ4v) is 1.58. The molecule has 0 spiro atoms. The molecule has 3 N–H and O–H groups in total. The molecule has 0 saturated carbocycles. The van der Waals surface area contributed by atoms with Crippen molar-refractivity contribution in [1.29, 1.82) is 0 Å². The number of anilines is 1. The number of nitrogens with zero attached hydrogens (tertiary/aromatic N) is 1. The van der Waals surface area contributed by atoms with Crippen molar-refractivity contribution in [3.8, 4) is 0 Å². The maximum Gasteiger partial charge on any atom is 0.277 e. The van der Waals surface area contributed by atoms with Crippen LogP contribution in [0.5, 0.6) is 0 Å². The van der Waals surface area contributed by atoms with Crippen molar-refractivity contribution in [2.24, 2.45) is 5.73 Å². The monoisotopic (exact) mass is 231 g/mol. The standard InChI is InChI=1S/C12H13N3O2/c1-15-11(16)6-10(12(15)17)14-9-4-2-3-8(5-9)7-13/h2-6,14H,7,13H2,1H3. The fourth-order valence-electron chi connectivity index (χ4n) is 1.58. The molecular weight excluding hydrogens is 218 g/mol. The normalized spacial score (nSPS) is 15.2. The lowest BCUT2D eigenvalue weighted by atomic mass is 10.2. The van der Waals surface area contributed by atoms with Crippen molar-refractivity contribution in [2.45, 2.75) is 6.54 Å². The zero-order chi connectivity index (χ0) is 12.4. The lowest BCUT2D eigenvalue weighted by Crippen LogP contribution is -2.27. The Bertz CT molecular complexity index is 508. The Morgan fingerprint density at radius 3 is 2.71 bits per heavy atom. The van der Waals surface area contributed by atoms with Crippen molar-refractivity contribution in [2.75, 3.05) is 12.4 Å². The predicted octanol–water partition coefficient (Wildman–Crippen LogP) is 0.440. The number of carbonyl (C=O) groups excluding carboxylic acids is 2. The summed E-state index contributed by atoms with van der Waals surface area (Å²) in [4.78, 5) is 24.0. The summed E-state index contributed by atoms with van der Waals surface area (Å²) >= 11 is 0. The molecule has 1 aromatic rings. The van der Waals surface area contributed by atoms with Gasteiger partial charge in [0.05, 0.1) is 0 Å². The first-order valence-electron chi connectivity index (χ1n) is 5.21. The maximum atomic E-state index is 11.6. The lowest BCUT2D eigenvalue weighted by molar-refractivity contribution is -0.135. The van der Waals surface area contributed by atoms with Crippen LogP contribution in [0.3, 0.4) is 0 Å². The van der Waals surface area contributed by atoms with Crippen molar-refractivity contribution in [3.63, 3.8) is 0 Å². The number of hydrogen-bond acceptors (Lipinski definition) is 4. The van der Waals surface area contributed by atoms with Gasteiger partial charge < -0.3 is 11.1 Å². The molecule has 0 unspecified atom stereocenters. The molecule has 5 nitrogen and oxygen atoms in total. The third-order valence-electron chi connectivity index (χ3n) is 2.58. The smallest absolute Gasteiger partial charge is 0.277 e. The van der Waals surface area contributed by atoms with Gasteiger partial charge in [0.1, 0.15) is 5.70 Å². The zero-order valence-electron chi connectivity index (χ0n) is 9.43. The first-order chi connectivity index (χ1) is 8.11. The Hall–Kier alpha value is -2.14. The Morgan fingerprint density at radius 1 is 1.35 bits per heavy atom. The van der Waals surface area contributed by atoms with E-state index in [1.807, 2.05) is 24.3 Å². The summed E-state index contributed by atoms with van der Waals surface area (Å²) in [6, 6.07) is 7.40. The second-order valence-corrected chi connectivity index (χ2v) is 3.79. The van der Waals surface area contributed by atoms with Crippen molar-refractivity contribution >= 4 is 17.5 Å². The first-order valence-corrected chi connectivity index (χ1v) is 5.21. The van der Waals surface area contributed by atoms with Gasteiger partial charge in [0.25, 0.3) is 11.8 Å². The minimum atomic E-state index is -0.326. The summed E-state index contributed by atoms with van der Waals surface area (Å²) in [6.45, 7) is 0.432. The van der Waals surface area contributed by atoms with Crippen LogP contribution in [0.15, 0.2) is 36.0 Å². The van der Waals surface area contributed by atoms with E-state index in [0.717, 1.165) is 16.2 Å². The van der Waals surface area contributed by atoms with Gasteiger partial charge in [-0.2, -0.15) is 0 Å². The molecule has 0 saturated heterocycles. The number of benzene rings is 1. The average Bonchev–Trinajstić information content (AvgIpc) is 2.57. The SMILES string of the molecule is CN1C(=O)C=C(Nc2cccc(CN)c2)C1=O. The molecule has 0 atom stereocenters. The summed E-state index contributed by atoms with van der Waals surface area (Å²) in [5, 5.41) is 2.92. The Balaban J connectivity index is 2.19. The molecule has 2 rings (SSSR count). The van der Waals surface area contributed by atoms with Crippen LogP contribution in [0.25, 0.3) is 0 Å². The highest BCUT2D eigenvalue weighted by atomic mass is 16.2. The van der Waals surface area contributed by atoms with E-state index in [-0.39, 0.29) is 17.5 Å². The Kier molecular flexibility index (Phi) is 2.93. The van der Waals surface area contributed by atoms with Gasteiger partial charge >= 0.3 is 0 Å². The molecule has 1 aliphatic rings. The van der Waals surface area contributed by atoms with Gasteiger partial charge in [0, 0.05) is 25.4 Å². The van der Waals surface area contributed by atoms with E-state index in [0.29, 0.717) is 6.54 Å². The van der Waals surface area contributed by atoms with Crippen LogP contribution in [0.2, 0.25) is 0 Å². The molecule has 0 aliphatic carbocycles. The summed E-state index contributed by atoms with van der Waals surface area (Å²) < 4.78 is 0. The fraction of sp³-hybridized carbons (Fsp3) is 0.167. The Labute approximate surface area is 98.9 Å². The second-order valence-electron chi connectivity index (χ2n) is 3.79. The van der Waals surface area contributed by atoms with Crippen LogP contribution in [0.4, 0.5) is 5.69 Å². The molecule has 1 aliphatic heterocycles. The summed E-state index contributed by atoms with van der Waals surface area (Å²) in [5.41, 5.74) is 7.52. The third-order valence-corrected chi connectivity index (χ3v) is 2.58. The number of rotatable bonds is 3. The number of likely N-dealkylation sites (N-methyl/N-ethyl adjacent to an activating group) is 1. The molecular formula is C12H13N3O2. The number of nitrogens with one attached hydrogen (secondary N) is 1. The minimum absolute atomic E-state index is 0.284. The maximum absolute atomic E-state index is 11.6. The van der Waals surface area contributed by atoms with Crippen LogP contribution in [0, 0.1) is 0 Å².